The van der Waals surface area contributed by atoms with Gasteiger partial charge in [-0.2, -0.15) is 0 Å². The van der Waals surface area contributed by atoms with Gasteiger partial charge in [-0.25, -0.2) is 14.4 Å². The van der Waals surface area contributed by atoms with Crippen molar-refractivity contribution in [2.75, 3.05) is 5.32 Å². The smallest absolute Gasteiger partial charge is 0.158 e. The number of H-pyrrole nitrogens is 1. The highest BCUT2D eigenvalue weighted by Gasteiger charge is 2.10. The third-order valence-corrected chi connectivity index (χ3v) is 4.47. The number of fused-ring (bicyclic) bond motifs is 1. The molecule has 4 N–H and O–H groups in total. The molecule has 0 fully saturated rings. The topological polar surface area (TPSA) is 88.8 Å². The third kappa shape index (κ3) is 5.31. The lowest BCUT2D eigenvalue weighted by molar-refractivity contribution is 0.306. The van der Waals surface area contributed by atoms with Crippen LogP contribution in [-0.4, -0.2) is 15.0 Å². The average molecular weight is 471 g/mol. The minimum Gasteiger partial charge on any atom is -0.487 e. The summed E-state index contributed by atoms with van der Waals surface area (Å²) in [7, 11) is 0. The highest BCUT2D eigenvalue weighted by molar-refractivity contribution is 6.32. The van der Waals surface area contributed by atoms with E-state index in [0.29, 0.717) is 23.1 Å². The number of nitrogens with one attached hydrogen (secondary N) is 2. The van der Waals surface area contributed by atoms with E-state index in [1.807, 2.05) is 12.1 Å². The second-order valence-corrected chi connectivity index (χ2v) is 6.58. The van der Waals surface area contributed by atoms with Crippen LogP contribution in [0.25, 0.3) is 11.0 Å². The lowest BCUT2D eigenvalue weighted by atomic mass is 10.2. The van der Waals surface area contributed by atoms with Gasteiger partial charge < -0.3 is 20.8 Å². The zero-order valence-electron chi connectivity index (χ0n) is 15.6. The zero-order valence-corrected chi connectivity index (χ0v) is 18.0. The van der Waals surface area contributed by atoms with Crippen molar-refractivity contribution < 1.29 is 9.13 Å². The molecule has 6 nitrogen and oxygen atoms in total. The van der Waals surface area contributed by atoms with Crippen LogP contribution in [0.4, 0.5) is 15.9 Å². The molecule has 0 bridgehead atoms. The number of rotatable bonds is 6. The van der Waals surface area contributed by atoms with Crippen molar-refractivity contribution in [3.8, 4) is 5.75 Å². The number of aromatic nitrogens is 3. The van der Waals surface area contributed by atoms with E-state index < -0.39 is 0 Å². The summed E-state index contributed by atoms with van der Waals surface area (Å²) >= 11 is 6.34. The molecule has 0 spiro atoms. The maximum Gasteiger partial charge on any atom is 0.158 e. The number of anilines is 2. The maximum atomic E-state index is 13.3. The molecule has 30 heavy (non-hydrogen) atoms. The Kier molecular flexibility index (Phi) is 8.25. The van der Waals surface area contributed by atoms with Gasteiger partial charge in [-0.1, -0.05) is 23.7 Å². The third-order valence-electron chi connectivity index (χ3n) is 4.17. The van der Waals surface area contributed by atoms with E-state index in [4.69, 9.17) is 22.1 Å². The Labute approximate surface area is 189 Å². The zero-order chi connectivity index (χ0) is 19.5. The summed E-state index contributed by atoms with van der Waals surface area (Å²) in [6, 6.07) is 13.5. The fourth-order valence-electron chi connectivity index (χ4n) is 2.82. The molecule has 158 valence electrons. The fourth-order valence-corrected chi connectivity index (χ4v) is 3.05. The lowest BCUT2D eigenvalue weighted by Gasteiger charge is -2.11. The van der Waals surface area contributed by atoms with Crippen molar-refractivity contribution in [2.24, 2.45) is 5.73 Å². The second kappa shape index (κ2) is 10.4. The summed E-state index contributed by atoms with van der Waals surface area (Å²) in [5.41, 5.74) is 9.57. The number of hydrogen-bond acceptors (Lipinski definition) is 5. The molecule has 2 aromatic heterocycles. The van der Waals surface area contributed by atoms with Crippen LogP contribution in [0.3, 0.4) is 0 Å². The van der Waals surface area contributed by atoms with Crippen LogP contribution in [0, 0.1) is 5.82 Å². The molecule has 0 atom stereocenters. The Hall–Kier alpha value is -2.58. The predicted molar refractivity (Wildman–Crippen MR) is 122 cm³/mol. The summed E-state index contributed by atoms with van der Waals surface area (Å²) in [5.74, 6) is 0.828. The van der Waals surface area contributed by atoms with E-state index in [1.165, 1.54) is 18.5 Å². The molecule has 10 heteroatoms. The highest BCUT2D eigenvalue weighted by atomic mass is 35.5. The molecule has 0 saturated heterocycles. The van der Waals surface area contributed by atoms with E-state index in [1.54, 1.807) is 24.3 Å². The Morgan fingerprint density at radius 3 is 2.67 bits per heavy atom. The first-order chi connectivity index (χ1) is 13.6. The average Bonchev–Trinajstić information content (AvgIpc) is 3.12. The van der Waals surface area contributed by atoms with Gasteiger partial charge in [-0.15, -0.1) is 24.8 Å². The molecule has 2 aromatic carbocycles. The number of nitrogens with zero attached hydrogens (tertiary/aromatic N) is 2. The van der Waals surface area contributed by atoms with Crippen LogP contribution < -0.4 is 15.8 Å². The van der Waals surface area contributed by atoms with Gasteiger partial charge in [0.1, 0.15) is 30.0 Å². The molecule has 0 aliphatic carbocycles. The minimum atomic E-state index is -0.301. The van der Waals surface area contributed by atoms with E-state index in [-0.39, 0.29) is 37.2 Å². The van der Waals surface area contributed by atoms with Crippen molar-refractivity contribution in [1.82, 2.24) is 15.0 Å². The van der Waals surface area contributed by atoms with E-state index in [0.717, 1.165) is 28.0 Å². The summed E-state index contributed by atoms with van der Waals surface area (Å²) in [5, 5.41) is 3.65. The van der Waals surface area contributed by atoms with Crippen LogP contribution in [0.1, 0.15) is 11.3 Å². The van der Waals surface area contributed by atoms with E-state index in [2.05, 4.69) is 20.3 Å². The van der Waals surface area contributed by atoms with Crippen LogP contribution in [0.5, 0.6) is 5.75 Å². The van der Waals surface area contributed by atoms with Crippen molar-refractivity contribution in [3.63, 3.8) is 0 Å². The quantitative estimate of drug-likeness (QED) is 0.352. The van der Waals surface area contributed by atoms with Crippen molar-refractivity contribution >= 4 is 59.0 Å². The predicted octanol–water partition coefficient (Wildman–Crippen LogP) is 5.38. The molecule has 2 heterocycles. The maximum absolute atomic E-state index is 13.3. The van der Waals surface area contributed by atoms with Gasteiger partial charge in [0.15, 0.2) is 5.82 Å². The monoisotopic (exact) mass is 469 g/mol. The lowest BCUT2D eigenvalue weighted by Crippen LogP contribution is -1.99. The van der Waals surface area contributed by atoms with E-state index in [9.17, 15) is 4.39 Å². The van der Waals surface area contributed by atoms with Gasteiger partial charge in [0.25, 0.3) is 0 Å². The van der Waals surface area contributed by atoms with Crippen molar-refractivity contribution in [1.29, 1.82) is 0 Å². The molecular formula is C20H19Cl3FN5O. The number of nitrogens with two attached hydrogens (primary N) is 1. The van der Waals surface area contributed by atoms with Crippen molar-refractivity contribution in [2.45, 2.75) is 13.2 Å². The number of ether oxygens (including phenoxy) is 1. The molecule has 4 rings (SSSR count). The molecule has 0 saturated carbocycles. The second-order valence-electron chi connectivity index (χ2n) is 6.17. The molecule has 0 radical (unpaired) electrons. The normalized spacial score (nSPS) is 10.2. The van der Waals surface area contributed by atoms with Crippen LogP contribution >= 0.6 is 36.4 Å². The highest BCUT2D eigenvalue weighted by Crippen LogP contribution is 2.31. The number of halogens is 4. The first-order valence-electron chi connectivity index (χ1n) is 8.59. The first-order valence-corrected chi connectivity index (χ1v) is 8.96. The SMILES string of the molecule is Cl.Cl.NCc1cc2ncnc(Nc3ccc(OCc4cccc(F)c4)c(Cl)c3)c2[nH]1. The molecule has 0 unspecified atom stereocenters. The van der Waals surface area contributed by atoms with Crippen LogP contribution in [-0.2, 0) is 13.2 Å². The van der Waals surface area contributed by atoms with Crippen LogP contribution in [0.15, 0.2) is 54.9 Å². The van der Waals surface area contributed by atoms with Crippen molar-refractivity contribution in [3.05, 3.63) is 77.0 Å². The Balaban J connectivity index is 0.00000160. The van der Waals surface area contributed by atoms with E-state index >= 15 is 0 Å². The van der Waals surface area contributed by atoms with Crippen LogP contribution in [0.2, 0.25) is 5.02 Å². The molecular weight excluding hydrogens is 452 g/mol. The summed E-state index contributed by atoms with van der Waals surface area (Å²) in [6.07, 6.45) is 1.48. The number of aromatic amines is 1. The number of hydrogen-bond donors (Lipinski definition) is 3. The van der Waals surface area contributed by atoms with Gasteiger partial charge in [-0.3, -0.25) is 0 Å². The Morgan fingerprint density at radius 1 is 1.10 bits per heavy atom. The van der Waals surface area contributed by atoms with Gasteiger partial charge in [0.05, 0.1) is 10.5 Å². The number of benzene rings is 2. The largest absolute Gasteiger partial charge is 0.487 e. The molecule has 0 amide bonds. The standard InChI is InChI=1S/C20H17ClFN5O.2ClH/c21-16-7-14(4-5-18(16)28-10-12-2-1-3-13(22)6-12)27-20-19-17(24-11-25-20)8-15(9-23)26-19;;/h1-8,11,26H,9-10,23H2,(H,24,25,27);2*1H. The Morgan fingerprint density at radius 2 is 1.93 bits per heavy atom. The molecule has 0 aliphatic rings. The molecule has 0 aliphatic heterocycles. The van der Waals surface area contributed by atoms with Gasteiger partial charge in [0, 0.05) is 17.9 Å². The Bertz CT molecular complexity index is 1140. The first kappa shape index (κ1) is 23.7. The summed E-state index contributed by atoms with van der Waals surface area (Å²) in [6.45, 7) is 0.611. The molecule has 4 aromatic rings. The van der Waals surface area contributed by atoms with Gasteiger partial charge in [0.2, 0.25) is 0 Å². The summed E-state index contributed by atoms with van der Waals surface area (Å²) < 4.78 is 19.0. The summed E-state index contributed by atoms with van der Waals surface area (Å²) in [4.78, 5) is 11.7. The fraction of sp³-hybridized carbons (Fsp3) is 0.100. The van der Waals surface area contributed by atoms with Gasteiger partial charge in [-0.05, 0) is 42.0 Å². The van der Waals surface area contributed by atoms with Gasteiger partial charge >= 0.3 is 0 Å². The minimum absolute atomic E-state index is 0.